The van der Waals surface area contributed by atoms with Gasteiger partial charge in [0.15, 0.2) is 5.78 Å². The van der Waals surface area contributed by atoms with Crippen LogP contribution >= 0.6 is 0 Å². The second kappa shape index (κ2) is 5.44. The molecule has 0 atom stereocenters. The third kappa shape index (κ3) is 3.28. The zero-order valence-corrected chi connectivity index (χ0v) is 10.0. The summed E-state index contributed by atoms with van der Waals surface area (Å²) in [5.74, 6) is 0.258. The average Bonchev–Trinajstić information content (AvgIpc) is 2.74. The highest BCUT2D eigenvalue weighted by molar-refractivity contribution is 6.00. The van der Waals surface area contributed by atoms with Gasteiger partial charge in [-0.05, 0) is 18.9 Å². The molecule has 1 aliphatic rings. The molecule has 0 N–H and O–H groups in total. The molecule has 0 aromatic heterocycles. The fourth-order valence-corrected chi connectivity index (χ4v) is 1.86. The van der Waals surface area contributed by atoms with E-state index in [-0.39, 0.29) is 5.78 Å². The van der Waals surface area contributed by atoms with Crippen LogP contribution in [0, 0.1) is 0 Å². The summed E-state index contributed by atoms with van der Waals surface area (Å²) in [6.45, 7) is 2.05. The van der Waals surface area contributed by atoms with E-state index in [4.69, 9.17) is 0 Å². The van der Waals surface area contributed by atoms with Gasteiger partial charge >= 0.3 is 0 Å². The summed E-state index contributed by atoms with van der Waals surface area (Å²) >= 11 is 0. The average molecular weight is 224 g/mol. The van der Waals surface area contributed by atoms with Gasteiger partial charge in [0.25, 0.3) is 0 Å². The Labute approximate surface area is 102 Å². The van der Waals surface area contributed by atoms with Gasteiger partial charge in [-0.3, -0.25) is 4.79 Å². The lowest BCUT2D eigenvalue weighted by atomic mass is 10.1. The van der Waals surface area contributed by atoms with E-state index in [1.54, 1.807) is 0 Å². The molecule has 0 spiro atoms. The number of hydrogen-bond acceptors (Lipinski definition) is 1. The quantitative estimate of drug-likeness (QED) is 0.711. The minimum atomic E-state index is 0.258. The van der Waals surface area contributed by atoms with Crippen LogP contribution in [0.3, 0.4) is 0 Å². The maximum atomic E-state index is 11.4. The third-order valence-corrected chi connectivity index (χ3v) is 2.78. The van der Waals surface area contributed by atoms with E-state index >= 15 is 0 Å². The number of ketones is 1. The van der Waals surface area contributed by atoms with E-state index in [2.05, 4.69) is 18.2 Å². The van der Waals surface area contributed by atoms with Crippen molar-refractivity contribution in [3.05, 3.63) is 65.3 Å². The van der Waals surface area contributed by atoms with Crippen molar-refractivity contribution in [1.82, 2.24) is 0 Å². The summed E-state index contributed by atoms with van der Waals surface area (Å²) < 4.78 is 0. The van der Waals surface area contributed by atoms with Crippen molar-refractivity contribution in [1.29, 1.82) is 0 Å². The van der Waals surface area contributed by atoms with Crippen molar-refractivity contribution in [2.24, 2.45) is 0 Å². The van der Waals surface area contributed by atoms with Crippen molar-refractivity contribution >= 4 is 11.9 Å². The fraction of sp³-hybridized carbons (Fsp3) is 0.188. The van der Waals surface area contributed by atoms with E-state index in [0.717, 1.165) is 17.6 Å². The molecular weight excluding hydrogens is 208 g/mol. The minimum Gasteiger partial charge on any atom is -0.294 e. The highest BCUT2D eigenvalue weighted by Crippen LogP contribution is 2.16. The standard InChI is InChI=1S/C16H16O/c1-13(12-14-6-3-2-4-7-14)10-11-15-8-5-9-16(15)17/h2-4,6-8,10-12H,5,9H2,1H3/b11-10-,13-12-. The maximum Gasteiger partial charge on any atom is 0.162 e. The van der Waals surface area contributed by atoms with Crippen molar-refractivity contribution in [3.8, 4) is 0 Å². The van der Waals surface area contributed by atoms with Crippen molar-refractivity contribution in [3.63, 3.8) is 0 Å². The van der Waals surface area contributed by atoms with Crippen LogP contribution in [-0.2, 0) is 4.79 Å². The van der Waals surface area contributed by atoms with Crippen LogP contribution in [0.2, 0.25) is 0 Å². The summed E-state index contributed by atoms with van der Waals surface area (Å²) in [7, 11) is 0. The molecule has 17 heavy (non-hydrogen) atoms. The van der Waals surface area contributed by atoms with Crippen LogP contribution in [0.25, 0.3) is 6.08 Å². The molecule has 0 amide bonds. The topological polar surface area (TPSA) is 17.1 Å². The smallest absolute Gasteiger partial charge is 0.162 e. The Morgan fingerprint density at radius 3 is 2.65 bits per heavy atom. The summed E-state index contributed by atoms with van der Waals surface area (Å²) in [6, 6.07) is 10.2. The lowest BCUT2D eigenvalue weighted by molar-refractivity contribution is -0.114. The number of benzene rings is 1. The Hall–Kier alpha value is -1.89. The van der Waals surface area contributed by atoms with E-state index in [1.165, 1.54) is 5.56 Å². The number of rotatable bonds is 3. The zero-order valence-electron chi connectivity index (χ0n) is 10.0. The zero-order chi connectivity index (χ0) is 12.1. The highest BCUT2D eigenvalue weighted by Gasteiger charge is 2.11. The molecule has 1 aromatic carbocycles. The third-order valence-electron chi connectivity index (χ3n) is 2.78. The van der Waals surface area contributed by atoms with Crippen LogP contribution in [0.15, 0.2) is 59.7 Å². The Balaban J connectivity index is 2.07. The van der Waals surface area contributed by atoms with Crippen molar-refractivity contribution < 1.29 is 4.79 Å². The lowest BCUT2D eigenvalue weighted by Gasteiger charge is -1.95. The highest BCUT2D eigenvalue weighted by atomic mass is 16.1. The molecule has 0 fully saturated rings. The summed E-state index contributed by atoms with van der Waals surface area (Å²) in [6.07, 6.45) is 9.60. The summed E-state index contributed by atoms with van der Waals surface area (Å²) in [5.41, 5.74) is 3.18. The van der Waals surface area contributed by atoms with Crippen molar-refractivity contribution in [2.45, 2.75) is 19.8 Å². The molecule has 0 saturated heterocycles. The molecule has 1 aromatic rings. The predicted molar refractivity (Wildman–Crippen MR) is 71.6 cm³/mol. The Kier molecular flexibility index (Phi) is 3.71. The van der Waals surface area contributed by atoms with Gasteiger partial charge in [-0.15, -0.1) is 0 Å². The molecule has 1 aliphatic carbocycles. The van der Waals surface area contributed by atoms with Crippen LogP contribution in [-0.4, -0.2) is 5.78 Å². The van der Waals surface area contributed by atoms with Gasteiger partial charge < -0.3 is 0 Å². The minimum absolute atomic E-state index is 0.258. The van der Waals surface area contributed by atoms with Gasteiger partial charge in [-0.25, -0.2) is 0 Å². The normalized spacial score (nSPS) is 16.6. The first-order valence-electron chi connectivity index (χ1n) is 5.90. The van der Waals surface area contributed by atoms with Crippen LogP contribution in [0.1, 0.15) is 25.3 Å². The van der Waals surface area contributed by atoms with Gasteiger partial charge in [0.2, 0.25) is 0 Å². The summed E-state index contributed by atoms with van der Waals surface area (Å²) in [4.78, 5) is 11.4. The first-order chi connectivity index (χ1) is 8.25. The van der Waals surface area contributed by atoms with E-state index in [1.807, 2.05) is 43.4 Å². The molecule has 1 nitrogen and oxygen atoms in total. The Bertz CT molecular complexity index is 490. The predicted octanol–water partition coefficient (Wildman–Crippen LogP) is 3.94. The first-order valence-corrected chi connectivity index (χ1v) is 5.90. The second-order valence-corrected chi connectivity index (χ2v) is 4.25. The van der Waals surface area contributed by atoms with Gasteiger partial charge in [-0.2, -0.15) is 0 Å². The molecule has 0 saturated carbocycles. The van der Waals surface area contributed by atoms with Crippen LogP contribution in [0.5, 0.6) is 0 Å². The van der Waals surface area contributed by atoms with Crippen LogP contribution in [0.4, 0.5) is 0 Å². The second-order valence-electron chi connectivity index (χ2n) is 4.25. The van der Waals surface area contributed by atoms with E-state index in [0.29, 0.717) is 6.42 Å². The molecule has 0 unspecified atom stereocenters. The largest absolute Gasteiger partial charge is 0.294 e. The van der Waals surface area contributed by atoms with Gasteiger partial charge in [0, 0.05) is 12.0 Å². The summed E-state index contributed by atoms with van der Waals surface area (Å²) in [5, 5.41) is 0. The lowest BCUT2D eigenvalue weighted by Crippen LogP contribution is -1.91. The molecule has 0 bridgehead atoms. The Morgan fingerprint density at radius 2 is 2.00 bits per heavy atom. The molecule has 0 heterocycles. The molecule has 1 heteroatoms. The first kappa shape index (κ1) is 11.6. The van der Waals surface area contributed by atoms with E-state index in [9.17, 15) is 4.79 Å². The number of carbonyl (C=O) groups excluding carboxylic acids is 1. The van der Waals surface area contributed by atoms with Crippen molar-refractivity contribution in [2.75, 3.05) is 0 Å². The number of hydrogen-bond donors (Lipinski definition) is 0. The maximum absolute atomic E-state index is 11.4. The molecule has 0 radical (unpaired) electrons. The number of Topliss-reactive ketones (excluding diaryl/α,β-unsaturated/α-hetero) is 1. The molecule has 86 valence electrons. The van der Waals surface area contributed by atoms with Gasteiger partial charge in [-0.1, -0.05) is 60.2 Å². The van der Waals surface area contributed by atoms with E-state index < -0.39 is 0 Å². The van der Waals surface area contributed by atoms with Crippen LogP contribution < -0.4 is 0 Å². The Morgan fingerprint density at radius 1 is 1.24 bits per heavy atom. The molecule has 2 rings (SSSR count). The monoisotopic (exact) mass is 224 g/mol. The molecule has 0 aliphatic heterocycles. The molecular formula is C16H16O. The number of carbonyl (C=O) groups is 1. The van der Waals surface area contributed by atoms with Gasteiger partial charge in [0.05, 0.1) is 0 Å². The van der Waals surface area contributed by atoms with Gasteiger partial charge in [0.1, 0.15) is 0 Å². The fourth-order valence-electron chi connectivity index (χ4n) is 1.86. The SMILES string of the molecule is CC(/C=C\C1=CCCC1=O)=C/c1ccccc1. The number of allylic oxidation sites excluding steroid dienone is 5.